The normalized spacial score (nSPS) is 13.1. The van der Waals surface area contributed by atoms with Gasteiger partial charge < -0.3 is 0 Å². The van der Waals surface area contributed by atoms with Crippen LogP contribution in [0.3, 0.4) is 0 Å². The van der Waals surface area contributed by atoms with Gasteiger partial charge in [-0.1, -0.05) is 45.4 Å². The maximum atomic E-state index is 14.4. The van der Waals surface area contributed by atoms with Crippen molar-refractivity contribution in [2.45, 2.75) is 57.4 Å². The zero-order chi connectivity index (χ0) is 24.2. The van der Waals surface area contributed by atoms with E-state index in [-0.39, 0.29) is 40.7 Å². The van der Waals surface area contributed by atoms with Gasteiger partial charge in [0.05, 0.1) is 17.3 Å². The van der Waals surface area contributed by atoms with Crippen LogP contribution in [-0.2, 0) is 23.0 Å². The fourth-order valence-electron chi connectivity index (χ4n) is 3.56. The van der Waals surface area contributed by atoms with Crippen molar-refractivity contribution in [2.24, 2.45) is 0 Å². The number of hydrogen-bond acceptors (Lipinski definition) is 4. The van der Waals surface area contributed by atoms with Crippen molar-refractivity contribution in [1.82, 2.24) is 18.9 Å². The Kier molecular flexibility index (Phi) is 9.31. The summed E-state index contributed by atoms with van der Waals surface area (Å²) in [5.41, 5.74) is 3.70. The summed E-state index contributed by atoms with van der Waals surface area (Å²) in [7, 11) is -0.701. The van der Waals surface area contributed by atoms with E-state index in [2.05, 4.69) is 4.84 Å². The average Bonchev–Trinajstić information content (AvgIpc) is 3.04. The summed E-state index contributed by atoms with van der Waals surface area (Å²) in [4.78, 5) is 2.45. The lowest BCUT2D eigenvalue weighted by molar-refractivity contribution is 0.501. The predicted molar refractivity (Wildman–Crippen MR) is 129 cm³/mol. The van der Waals surface area contributed by atoms with Crippen LogP contribution < -0.4 is 4.84 Å². The van der Waals surface area contributed by atoms with Crippen molar-refractivity contribution < 1.29 is 12.8 Å². The molecule has 0 spiro atoms. The zero-order valence-corrected chi connectivity index (χ0v) is 21.6. The third-order valence-electron chi connectivity index (χ3n) is 5.06. The van der Waals surface area contributed by atoms with E-state index in [9.17, 15) is 12.8 Å². The summed E-state index contributed by atoms with van der Waals surface area (Å²) in [6, 6.07) is 4.97. The van der Waals surface area contributed by atoms with Crippen LogP contribution in [0.25, 0.3) is 0 Å². The molecule has 1 N–H and O–H groups in total. The Balaban J connectivity index is 2.52. The number of sulfonamides is 1. The molecule has 1 heterocycles. The molecule has 178 valence electrons. The summed E-state index contributed by atoms with van der Waals surface area (Å²) in [6.07, 6.45) is 1.90. The first kappa shape index (κ1) is 26.8. The van der Waals surface area contributed by atoms with Crippen LogP contribution in [0.15, 0.2) is 35.0 Å². The van der Waals surface area contributed by atoms with E-state index in [1.54, 1.807) is 16.8 Å². The Bertz CT molecular complexity index is 1080. The maximum absolute atomic E-state index is 14.4. The van der Waals surface area contributed by atoms with Crippen molar-refractivity contribution in [1.29, 1.82) is 0 Å². The van der Waals surface area contributed by atoms with E-state index in [0.29, 0.717) is 6.42 Å². The molecule has 0 amide bonds. The Labute approximate surface area is 200 Å². The summed E-state index contributed by atoms with van der Waals surface area (Å²) in [5, 5.41) is 4.89. The summed E-state index contributed by atoms with van der Waals surface area (Å²) in [5.74, 6) is -0.0947. The summed E-state index contributed by atoms with van der Waals surface area (Å²) >= 11 is 11.8. The van der Waals surface area contributed by atoms with Gasteiger partial charge in [-0.2, -0.15) is 5.10 Å². The van der Waals surface area contributed by atoms with E-state index in [1.165, 1.54) is 26.2 Å². The van der Waals surface area contributed by atoms with Crippen LogP contribution in [0, 0.1) is 0 Å². The number of nitrogens with one attached hydrogen (secondary N) is 1. The number of benzene rings is 1. The lowest BCUT2D eigenvalue weighted by Gasteiger charge is -2.15. The SMILES string of the molecule is CC(C)c1nn(C/C(F)=C/CNCl)c(C(C)C)c1Cc1ccc(S(=O)(=O)N(C)C)c(Cl)c1. The molecule has 0 bridgehead atoms. The zero-order valence-electron chi connectivity index (χ0n) is 19.3. The summed E-state index contributed by atoms with van der Waals surface area (Å²) in [6.45, 7) is 8.42. The Hall–Kier alpha value is -1.45. The van der Waals surface area contributed by atoms with Crippen LogP contribution in [0.5, 0.6) is 0 Å². The maximum Gasteiger partial charge on any atom is 0.244 e. The molecule has 2 aromatic rings. The first-order chi connectivity index (χ1) is 14.9. The first-order valence-corrected chi connectivity index (χ1v) is 12.6. The average molecular weight is 505 g/mol. The highest BCUT2D eigenvalue weighted by Gasteiger charge is 2.24. The third kappa shape index (κ3) is 6.11. The van der Waals surface area contributed by atoms with E-state index in [0.717, 1.165) is 26.8 Å². The van der Waals surface area contributed by atoms with Crippen LogP contribution in [0.2, 0.25) is 5.02 Å². The second-order valence-corrected chi connectivity index (χ2v) is 11.2. The van der Waals surface area contributed by atoms with Crippen molar-refractivity contribution in [3.8, 4) is 0 Å². The molecule has 0 aliphatic carbocycles. The Morgan fingerprint density at radius 1 is 1.25 bits per heavy atom. The van der Waals surface area contributed by atoms with Gasteiger partial charge in [-0.3, -0.25) is 4.68 Å². The lowest BCUT2D eigenvalue weighted by Crippen LogP contribution is -2.22. The van der Waals surface area contributed by atoms with Gasteiger partial charge in [0.25, 0.3) is 0 Å². The van der Waals surface area contributed by atoms with Gasteiger partial charge in [0.15, 0.2) is 0 Å². The van der Waals surface area contributed by atoms with Crippen molar-refractivity contribution in [2.75, 3.05) is 20.6 Å². The van der Waals surface area contributed by atoms with E-state index < -0.39 is 10.0 Å². The molecule has 0 atom stereocenters. The molecule has 32 heavy (non-hydrogen) atoms. The molecule has 10 heteroatoms. The van der Waals surface area contributed by atoms with Crippen LogP contribution >= 0.6 is 23.4 Å². The van der Waals surface area contributed by atoms with E-state index in [1.807, 2.05) is 27.7 Å². The van der Waals surface area contributed by atoms with Crippen LogP contribution in [0.4, 0.5) is 4.39 Å². The second kappa shape index (κ2) is 11.1. The second-order valence-electron chi connectivity index (χ2n) is 8.43. The smallest absolute Gasteiger partial charge is 0.244 e. The minimum atomic E-state index is -3.63. The minimum Gasteiger partial charge on any atom is -0.262 e. The van der Waals surface area contributed by atoms with Crippen LogP contribution in [-0.4, -0.2) is 43.1 Å². The van der Waals surface area contributed by atoms with Crippen molar-refractivity contribution in [3.05, 3.63) is 57.6 Å². The Morgan fingerprint density at radius 3 is 2.41 bits per heavy atom. The number of aromatic nitrogens is 2. The molecule has 6 nitrogen and oxygen atoms in total. The first-order valence-electron chi connectivity index (χ1n) is 10.4. The van der Waals surface area contributed by atoms with Gasteiger partial charge in [-0.15, -0.1) is 0 Å². The highest BCUT2D eigenvalue weighted by Crippen LogP contribution is 2.32. The number of allylic oxidation sites excluding steroid dienone is 1. The topological polar surface area (TPSA) is 67.2 Å². The largest absolute Gasteiger partial charge is 0.262 e. The van der Waals surface area contributed by atoms with Gasteiger partial charge in [0.2, 0.25) is 10.0 Å². The molecule has 2 rings (SSSR count). The number of halogens is 3. The molecular weight excluding hydrogens is 474 g/mol. The van der Waals surface area contributed by atoms with Gasteiger partial charge in [-0.05, 0) is 47.4 Å². The standard InChI is InChI=1S/C22H31Cl2FN4O2S/c1-14(2)21-18(22(15(3)4)29(27-21)13-17(25)9-10-26-24)11-16-7-8-20(19(23)12-16)32(30,31)28(5)6/h7-9,12,14-15,26H,10-11,13H2,1-6H3/b17-9-. The van der Waals surface area contributed by atoms with Gasteiger partial charge in [-0.25, -0.2) is 21.9 Å². The predicted octanol–water partition coefficient (Wildman–Crippen LogP) is 5.22. The minimum absolute atomic E-state index is 0.0204. The number of hydrogen-bond donors (Lipinski definition) is 1. The molecule has 0 aliphatic rings. The van der Waals surface area contributed by atoms with Gasteiger partial charge in [0.1, 0.15) is 10.7 Å². The van der Waals surface area contributed by atoms with Crippen molar-refractivity contribution in [3.63, 3.8) is 0 Å². The van der Waals surface area contributed by atoms with Crippen molar-refractivity contribution >= 4 is 33.4 Å². The summed E-state index contributed by atoms with van der Waals surface area (Å²) < 4.78 is 42.2. The Morgan fingerprint density at radius 2 is 1.91 bits per heavy atom. The molecule has 1 aromatic heterocycles. The quantitative estimate of drug-likeness (QED) is 0.450. The van der Waals surface area contributed by atoms with E-state index in [4.69, 9.17) is 28.5 Å². The molecule has 0 aliphatic heterocycles. The molecule has 0 saturated carbocycles. The molecule has 0 saturated heterocycles. The number of nitrogens with zero attached hydrogens (tertiary/aromatic N) is 3. The van der Waals surface area contributed by atoms with Gasteiger partial charge >= 0.3 is 0 Å². The molecule has 0 unspecified atom stereocenters. The fourth-order valence-corrected chi connectivity index (χ4v) is 5.08. The molecule has 1 aromatic carbocycles. The highest BCUT2D eigenvalue weighted by atomic mass is 35.5. The third-order valence-corrected chi connectivity index (χ3v) is 7.51. The van der Waals surface area contributed by atoms with Crippen LogP contribution in [0.1, 0.15) is 62.0 Å². The lowest BCUT2D eigenvalue weighted by atomic mass is 9.94. The molecule has 0 radical (unpaired) electrons. The highest BCUT2D eigenvalue weighted by molar-refractivity contribution is 7.89. The van der Waals surface area contributed by atoms with Gasteiger partial charge in [0, 0.05) is 38.3 Å². The fraction of sp³-hybridized carbons (Fsp3) is 0.500. The molecule has 0 fully saturated rings. The van der Waals surface area contributed by atoms with E-state index >= 15 is 0 Å². The molecular formula is C22H31Cl2FN4O2S. The monoisotopic (exact) mass is 504 g/mol. The number of rotatable bonds is 10.